The summed E-state index contributed by atoms with van der Waals surface area (Å²) in [7, 11) is -3.31. The van der Waals surface area contributed by atoms with Crippen LogP contribution in [-0.4, -0.2) is 37.9 Å². The first kappa shape index (κ1) is 6.98. The highest BCUT2D eigenvalue weighted by atomic mass is 32.2. The van der Waals surface area contributed by atoms with Crippen molar-refractivity contribution in [3.63, 3.8) is 0 Å². The lowest BCUT2D eigenvalue weighted by atomic mass is 10.5. The molecule has 1 aliphatic rings. The van der Waals surface area contributed by atoms with Gasteiger partial charge in [-0.1, -0.05) is 0 Å². The monoisotopic (exact) mass is 152 g/mol. The van der Waals surface area contributed by atoms with E-state index in [1.165, 1.54) is 0 Å². The largest absolute Gasteiger partial charge is 0.375 e. The van der Waals surface area contributed by atoms with Gasteiger partial charge >= 0.3 is 0 Å². The molecule has 0 aromatic rings. The van der Waals surface area contributed by atoms with Crippen molar-refractivity contribution >= 4 is 9.84 Å². The number of aliphatic hydroxyl groups is 1. The molecule has 54 valence electrons. The van der Waals surface area contributed by atoms with Gasteiger partial charge in [0.05, 0.1) is 6.61 Å². The van der Waals surface area contributed by atoms with Crippen molar-refractivity contribution in [1.29, 1.82) is 0 Å². The van der Waals surface area contributed by atoms with E-state index < -0.39 is 21.4 Å². The maximum atomic E-state index is 10.5. The summed E-state index contributed by atoms with van der Waals surface area (Å²) in [5, 5.41) is 8.81. The number of aliphatic hydroxyl groups excluding tert-OH is 1. The van der Waals surface area contributed by atoms with Gasteiger partial charge in [-0.25, -0.2) is 8.42 Å². The van der Waals surface area contributed by atoms with Crippen LogP contribution in [0.25, 0.3) is 0 Å². The predicted molar refractivity (Wildman–Crippen MR) is 30.6 cm³/mol. The van der Waals surface area contributed by atoms with Crippen molar-refractivity contribution in [2.75, 3.05) is 12.9 Å². The van der Waals surface area contributed by atoms with Crippen LogP contribution in [0.2, 0.25) is 0 Å². The molecule has 0 aromatic carbocycles. The van der Waals surface area contributed by atoms with Gasteiger partial charge in [0.15, 0.2) is 15.3 Å². The van der Waals surface area contributed by atoms with Crippen LogP contribution in [0.15, 0.2) is 0 Å². The molecule has 0 spiro atoms. The highest BCUT2D eigenvalue weighted by molar-refractivity contribution is 7.91. The van der Waals surface area contributed by atoms with Gasteiger partial charge in [0, 0.05) is 6.26 Å². The Hall–Kier alpha value is -0.130. The van der Waals surface area contributed by atoms with E-state index in [2.05, 4.69) is 4.74 Å². The molecule has 0 radical (unpaired) electrons. The quantitative estimate of drug-likeness (QED) is 0.502. The van der Waals surface area contributed by atoms with Crippen LogP contribution < -0.4 is 0 Å². The molecular formula is C4H8O4S. The highest BCUT2D eigenvalue weighted by Crippen LogP contribution is 2.17. The molecule has 4 nitrogen and oxygen atoms in total. The first-order chi connectivity index (χ1) is 4.02. The zero-order valence-electron chi connectivity index (χ0n) is 4.94. The predicted octanol–water partition coefficient (Wildman–Crippen LogP) is -1.25. The molecule has 1 saturated heterocycles. The second-order valence-corrected chi connectivity index (χ2v) is 4.23. The van der Waals surface area contributed by atoms with E-state index in [1.807, 2.05) is 0 Å². The fourth-order valence-corrected chi connectivity index (χ4v) is 1.20. The molecule has 5 heteroatoms. The van der Waals surface area contributed by atoms with Crippen LogP contribution in [0.5, 0.6) is 0 Å². The zero-order valence-corrected chi connectivity index (χ0v) is 5.76. The van der Waals surface area contributed by atoms with E-state index in [-0.39, 0.29) is 0 Å². The number of sulfone groups is 1. The number of hydrogen-bond donors (Lipinski definition) is 1. The second kappa shape index (κ2) is 1.93. The molecule has 2 atom stereocenters. The minimum atomic E-state index is -3.31. The Labute approximate surface area is 53.4 Å². The topological polar surface area (TPSA) is 66.9 Å². The Morgan fingerprint density at radius 1 is 1.78 bits per heavy atom. The van der Waals surface area contributed by atoms with Crippen LogP contribution in [0, 0.1) is 0 Å². The van der Waals surface area contributed by atoms with E-state index in [1.54, 1.807) is 0 Å². The fraction of sp³-hybridized carbons (Fsp3) is 1.00. The summed E-state index contributed by atoms with van der Waals surface area (Å²) in [6.45, 7) is 0.355. The molecule has 0 aliphatic carbocycles. The smallest absolute Gasteiger partial charge is 0.183 e. The SMILES string of the molecule is CS(=O)(=O)C(O)C1CO1. The molecule has 0 bridgehead atoms. The van der Waals surface area contributed by atoms with E-state index in [0.717, 1.165) is 6.26 Å². The molecule has 0 aromatic heterocycles. The van der Waals surface area contributed by atoms with Gasteiger partial charge < -0.3 is 9.84 Å². The lowest BCUT2D eigenvalue weighted by Crippen LogP contribution is -2.24. The minimum absolute atomic E-state index is 0.355. The lowest BCUT2D eigenvalue weighted by Gasteiger charge is -2.01. The third kappa shape index (κ3) is 1.64. The molecular weight excluding hydrogens is 144 g/mol. The Bertz CT molecular complexity index is 191. The zero-order chi connectivity index (χ0) is 7.07. The van der Waals surface area contributed by atoms with Gasteiger partial charge in [0.1, 0.15) is 6.10 Å². The fourth-order valence-electron chi connectivity index (χ4n) is 0.496. The second-order valence-electron chi connectivity index (χ2n) is 2.09. The number of hydrogen-bond acceptors (Lipinski definition) is 4. The average Bonchev–Trinajstić information content (AvgIpc) is 2.40. The normalized spacial score (nSPS) is 29.8. The summed E-state index contributed by atoms with van der Waals surface area (Å²) in [6, 6.07) is 0. The molecule has 1 aliphatic heterocycles. The van der Waals surface area contributed by atoms with Gasteiger partial charge in [-0.3, -0.25) is 0 Å². The first-order valence-corrected chi connectivity index (χ1v) is 4.46. The molecule has 2 unspecified atom stereocenters. The molecule has 0 amide bonds. The van der Waals surface area contributed by atoms with Gasteiger partial charge in [-0.15, -0.1) is 0 Å². The third-order valence-electron chi connectivity index (χ3n) is 1.12. The number of ether oxygens (including phenoxy) is 1. The summed E-state index contributed by atoms with van der Waals surface area (Å²) in [5.74, 6) is 0. The van der Waals surface area contributed by atoms with Crippen molar-refractivity contribution in [1.82, 2.24) is 0 Å². The van der Waals surface area contributed by atoms with Gasteiger partial charge in [0.25, 0.3) is 0 Å². The third-order valence-corrected chi connectivity index (χ3v) is 2.30. The molecule has 9 heavy (non-hydrogen) atoms. The maximum Gasteiger partial charge on any atom is 0.183 e. The van der Waals surface area contributed by atoms with E-state index in [9.17, 15) is 8.42 Å². The summed E-state index contributed by atoms with van der Waals surface area (Å²) >= 11 is 0. The Balaban J connectivity index is 2.61. The van der Waals surface area contributed by atoms with E-state index in [0.29, 0.717) is 6.61 Å². The molecule has 1 fully saturated rings. The standard InChI is InChI=1S/C4H8O4S/c1-9(6,7)4(5)3-2-8-3/h3-5H,2H2,1H3. The Morgan fingerprint density at radius 3 is 2.33 bits per heavy atom. The van der Waals surface area contributed by atoms with Gasteiger partial charge in [-0.05, 0) is 0 Å². The Morgan fingerprint density at radius 2 is 2.22 bits per heavy atom. The summed E-state index contributed by atoms with van der Waals surface area (Å²) in [5.41, 5.74) is -1.32. The van der Waals surface area contributed by atoms with Crippen molar-refractivity contribution in [3.8, 4) is 0 Å². The molecule has 0 saturated carbocycles. The number of epoxide rings is 1. The van der Waals surface area contributed by atoms with Crippen LogP contribution in [0.1, 0.15) is 0 Å². The summed E-state index contributed by atoms with van der Waals surface area (Å²) in [6.07, 6.45) is 0.513. The number of rotatable bonds is 2. The van der Waals surface area contributed by atoms with Crippen molar-refractivity contribution in [2.24, 2.45) is 0 Å². The molecule has 1 heterocycles. The van der Waals surface area contributed by atoms with E-state index in [4.69, 9.17) is 5.11 Å². The van der Waals surface area contributed by atoms with E-state index >= 15 is 0 Å². The van der Waals surface area contributed by atoms with Crippen LogP contribution >= 0.6 is 0 Å². The van der Waals surface area contributed by atoms with Gasteiger partial charge in [0.2, 0.25) is 0 Å². The summed E-state index contributed by atoms with van der Waals surface area (Å²) in [4.78, 5) is 0. The van der Waals surface area contributed by atoms with Gasteiger partial charge in [-0.2, -0.15) is 0 Å². The maximum absolute atomic E-state index is 10.5. The lowest BCUT2D eigenvalue weighted by molar-refractivity contribution is 0.202. The average molecular weight is 152 g/mol. The minimum Gasteiger partial charge on any atom is -0.375 e. The molecule has 1 rings (SSSR count). The molecule has 1 N–H and O–H groups in total. The van der Waals surface area contributed by atoms with Crippen LogP contribution in [0.3, 0.4) is 0 Å². The van der Waals surface area contributed by atoms with Crippen LogP contribution in [0.4, 0.5) is 0 Å². The van der Waals surface area contributed by atoms with Crippen molar-refractivity contribution < 1.29 is 18.3 Å². The first-order valence-electron chi connectivity index (χ1n) is 2.50. The summed E-state index contributed by atoms with van der Waals surface area (Å²) < 4.78 is 25.5. The van der Waals surface area contributed by atoms with Crippen molar-refractivity contribution in [3.05, 3.63) is 0 Å². The Kier molecular flexibility index (Phi) is 1.50. The van der Waals surface area contributed by atoms with Crippen LogP contribution in [-0.2, 0) is 14.6 Å². The highest BCUT2D eigenvalue weighted by Gasteiger charge is 2.37. The van der Waals surface area contributed by atoms with Crippen molar-refractivity contribution in [2.45, 2.75) is 11.5 Å².